The van der Waals surface area contributed by atoms with Gasteiger partial charge in [-0.2, -0.15) is 8.78 Å². The van der Waals surface area contributed by atoms with E-state index in [1.165, 1.54) is 0 Å². The molecule has 0 saturated carbocycles. The quantitative estimate of drug-likeness (QED) is 0.591. The van der Waals surface area contributed by atoms with Crippen molar-refractivity contribution >= 4 is 23.2 Å². The molecule has 0 saturated heterocycles. The van der Waals surface area contributed by atoms with Gasteiger partial charge in [0, 0.05) is 5.56 Å². The maximum Gasteiger partial charge on any atom is 0.330 e. The Morgan fingerprint density at radius 2 is 1.74 bits per heavy atom. The highest BCUT2D eigenvalue weighted by atomic mass is 35.5. The molecule has 0 fully saturated rings. The average molecular weight is 321 g/mol. The van der Waals surface area contributed by atoms with E-state index < -0.39 is 25.6 Å². The van der Waals surface area contributed by atoms with Crippen LogP contribution in [0.3, 0.4) is 0 Å². The van der Waals surface area contributed by atoms with Gasteiger partial charge in [-0.3, -0.25) is 0 Å². The fraction of sp³-hybridized carbons (Fsp3) is 0.600. The molecule has 0 bridgehead atoms. The number of alkyl halides is 4. The summed E-state index contributed by atoms with van der Waals surface area (Å²) in [7, 11) is 0. The molecule has 1 heterocycles. The Labute approximate surface area is 116 Å². The van der Waals surface area contributed by atoms with E-state index in [2.05, 4.69) is 14.7 Å². The van der Waals surface area contributed by atoms with E-state index in [0.29, 0.717) is 12.0 Å². The van der Waals surface area contributed by atoms with Crippen molar-refractivity contribution in [1.29, 1.82) is 0 Å². The Morgan fingerprint density at radius 1 is 1.21 bits per heavy atom. The molecule has 108 valence electrons. The zero-order valence-electron chi connectivity index (χ0n) is 9.77. The molecule has 0 atom stereocenters. The first kappa shape index (κ1) is 16.4. The molecule has 0 unspecified atom stereocenters. The number of ether oxygens (including phenoxy) is 1. The zero-order chi connectivity index (χ0) is 14.6. The molecule has 0 amide bonds. The summed E-state index contributed by atoms with van der Waals surface area (Å²) in [6.45, 7) is -0.125. The Balaban J connectivity index is 2.65. The van der Waals surface area contributed by atoms with E-state index in [4.69, 9.17) is 23.2 Å². The van der Waals surface area contributed by atoms with E-state index in [1.807, 2.05) is 0 Å². The van der Waals surface area contributed by atoms with Crippen LogP contribution in [0.1, 0.15) is 18.3 Å². The van der Waals surface area contributed by atoms with Crippen LogP contribution in [-0.2, 0) is 17.8 Å². The lowest BCUT2D eigenvalue weighted by molar-refractivity contribution is -0.168. The maximum atomic E-state index is 12.6. The van der Waals surface area contributed by atoms with Gasteiger partial charge in [0.1, 0.15) is 23.5 Å². The van der Waals surface area contributed by atoms with Crippen molar-refractivity contribution in [3.05, 3.63) is 21.7 Å². The summed E-state index contributed by atoms with van der Waals surface area (Å²) in [5, 5.41) is 0.170. The second-order valence-corrected chi connectivity index (χ2v) is 4.32. The third-order valence-electron chi connectivity index (χ3n) is 2.15. The Hall–Kier alpha value is -0.660. The monoisotopic (exact) mass is 320 g/mol. The number of aromatic nitrogens is 2. The molecule has 19 heavy (non-hydrogen) atoms. The lowest BCUT2D eigenvalue weighted by Gasteiger charge is -2.15. The highest BCUT2D eigenvalue weighted by molar-refractivity contribution is 6.34. The molecular weight excluding hydrogens is 311 g/mol. The van der Waals surface area contributed by atoms with E-state index in [9.17, 15) is 17.6 Å². The highest BCUT2D eigenvalue weighted by Gasteiger charge is 2.41. The van der Waals surface area contributed by atoms with Crippen LogP contribution in [0.5, 0.6) is 0 Å². The fourth-order valence-electron chi connectivity index (χ4n) is 1.17. The number of rotatable bonds is 6. The van der Waals surface area contributed by atoms with Crippen LogP contribution in [0.4, 0.5) is 17.6 Å². The minimum Gasteiger partial charge on any atom is -0.367 e. The second kappa shape index (κ2) is 6.67. The lowest BCUT2D eigenvalue weighted by Crippen LogP contribution is -2.32. The summed E-state index contributed by atoms with van der Waals surface area (Å²) in [5.41, 5.74) is 0.519. The summed E-state index contributed by atoms with van der Waals surface area (Å²) in [5.74, 6) is -4.26. The van der Waals surface area contributed by atoms with E-state index in [0.717, 1.165) is 0 Å². The average Bonchev–Trinajstić information content (AvgIpc) is 2.28. The third kappa shape index (κ3) is 4.43. The molecule has 1 rings (SSSR count). The predicted octanol–water partition coefficient (Wildman–Crippen LogP) is 3.76. The van der Waals surface area contributed by atoms with Crippen LogP contribution >= 0.6 is 23.2 Å². The third-order valence-corrected chi connectivity index (χ3v) is 2.78. The van der Waals surface area contributed by atoms with Crippen LogP contribution in [0.25, 0.3) is 0 Å². The van der Waals surface area contributed by atoms with Gasteiger partial charge in [-0.15, -0.1) is 0 Å². The van der Waals surface area contributed by atoms with Crippen LogP contribution in [0.15, 0.2) is 0 Å². The van der Waals surface area contributed by atoms with Crippen molar-refractivity contribution in [3.8, 4) is 0 Å². The van der Waals surface area contributed by atoms with Gasteiger partial charge in [-0.25, -0.2) is 18.7 Å². The van der Waals surface area contributed by atoms with E-state index in [1.54, 1.807) is 6.92 Å². The minimum absolute atomic E-state index is 0.0442. The Morgan fingerprint density at radius 3 is 2.16 bits per heavy atom. The maximum absolute atomic E-state index is 12.6. The first-order valence-electron chi connectivity index (χ1n) is 5.22. The van der Waals surface area contributed by atoms with Crippen molar-refractivity contribution < 1.29 is 22.3 Å². The zero-order valence-corrected chi connectivity index (χ0v) is 11.3. The minimum atomic E-state index is -4.21. The van der Waals surface area contributed by atoms with Crippen LogP contribution in [0, 0.1) is 0 Å². The molecular formula is C10H10Cl2F4N2O. The molecule has 1 aromatic heterocycles. The topological polar surface area (TPSA) is 35.0 Å². The summed E-state index contributed by atoms with van der Waals surface area (Å²) in [4.78, 5) is 7.56. The summed E-state index contributed by atoms with van der Waals surface area (Å²) in [6, 6.07) is 0. The van der Waals surface area contributed by atoms with Crippen molar-refractivity contribution in [3.63, 3.8) is 0 Å². The molecule has 0 spiro atoms. The predicted molar refractivity (Wildman–Crippen MR) is 62.0 cm³/mol. The largest absolute Gasteiger partial charge is 0.367 e. The standard InChI is InChI=1S/C10H10Cl2F4N2O/c1-2-5-7(11)17-6(18-8(5)12)3-19-4-10(15,16)9(13)14/h9H,2-4H2,1H3. The van der Waals surface area contributed by atoms with Crippen molar-refractivity contribution in [1.82, 2.24) is 9.97 Å². The Bertz CT molecular complexity index is 423. The van der Waals surface area contributed by atoms with Gasteiger partial charge < -0.3 is 4.74 Å². The van der Waals surface area contributed by atoms with Gasteiger partial charge in [0.15, 0.2) is 5.82 Å². The van der Waals surface area contributed by atoms with Gasteiger partial charge in [-0.1, -0.05) is 30.1 Å². The first-order chi connectivity index (χ1) is 8.77. The molecule has 1 aromatic rings. The molecule has 0 radical (unpaired) electrons. The molecule has 0 aromatic carbocycles. The van der Waals surface area contributed by atoms with Gasteiger partial charge in [0.05, 0.1) is 0 Å². The van der Waals surface area contributed by atoms with Crippen molar-refractivity contribution in [2.75, 3.05) is 6.61 Å². The number of nitrogens with zero attached hydrogens (tertiary/aromatic N) is 2. The molecule has 0 aliphatic heterocycles. The Kier molecular flexibility index (Phi) is 5.76. The first-order valence-corrected chi connectivity index (χ1v) is 5.98. The smallest absolute Gasteiger partial charge is 0.330 e. The summed E-state index contributed by atoms with van der Waals surface area (Å²) >= 11 is 11.6. The van der Waals surface area contributed by atoms with Crippen LogP contribution < -0.4 is 0 Å². The van der Waals surface area contributed by atoms with Crippen LogP contribution in [-0.4, -0.2) is 28.9 Å². The summed E-state index contributed by atoms with van der Waals surface area (Å²) < 4.78 is 53.3. The van der Waals surface area contributed by atoms with E-state index >= 15 is 0 Å². The molecule has 3 nitrogen and oxygen atoms in total. The van der Waals surface area contributed by atoms with Gasteiger partial charge >= 0.3 is 12.3 Å². The molecule has 0 aliphatic rings. The number of hydrogen-bond donors (Lipinski definition) is 0. The highest BCUT2D eigenvalue weighted by Crippen LogP contribution is 2.24. The van der Waals surface area contributed by atoms with Gasteiger partial charge in [-0.05, 0) is 6.42 Å². The lowest BCUT2D eigenvalue weighted by atomic mass is 10.3. The van der Waals surface area contributed by atoms with Gasteiger partial charge in [0.25, 0.3) is 0 Å². The number of halogens is 6. The van der Waals surface area contributed by atoms with Crippen molar-refractivity contribution in [2.24, 2.45) is 0 Å². The fourth-order valence-corrected chi connectivity index (χ4v) is 1.86. The molecule has 0 aliphatic carbocycles. The van der Waals surface area contributed by atoms with E-state index in [-0.39, 0.29) is 16.1 Å². The van der Waals surface area contributed by atoms with Crippen LogP contribution in [0.2, 0.25) is 10.3 Å². The normalized spacial score (nSPS) is 12.2. The number of hydrogen-bond acceptors (Lipinski definition) is 3. The SMILES string of the molecule is CCc1c(Cl)nc(COCC(F)(F)C(F)F)nc1Cl. The van der Waals surface area contributed by atoms with Crippen molar-refractivity contribution in [2.45, 2.75) is 32.3 Å². The molecule has 9 heteroatoms. The van der Waals surface area contributed by atoms with Gasteiger partial charge in [0.2, 0.25) is 0 Å². The second-order valence-electron chi connectivity index (χ2n) is 3.61. The summed E-state index contributed by atoms with van der Waals surface area (Å²) in [6.07, 6.45) is -3.29. The molecule has 0 N–H and O–H groups in total.